The van der Waals surface area contributed by atoms with Gasteiger partial charge in [0.25, 0.3) is 0 Å². The molecule has 7 heteroatoms. The molecule has 6 nitrogen and oxygen atoms in total. The quantitative estimate of drug-likeness (QED) is 0.835. The van der Waals surface area contributed by atoms with Crippen LogP contribution in [0.2, 0.25) is 0 Å². The standard InChI is InChI=1S/C10H14N2O4S/c1-7-8(4-10(13)14)5-11-12(7)9-2-3-17(15,16)6-9/h5,9H,2-4,6H2,1H3,(H,13,14). The van der Waals surface area contributed by atoms with Crippen LogP contribution in [0.3, 0.4) is 0 Å². The first-order valence-corrected chi connectivity index (χ1v) is 7.16. The van der Waals surface area contributed by atoms with Gasteiger partial charge in [-0.15, -0.1) is 0 Å². The second kappa shape index (κ2) is 4.14. The number of hydrogen-bond donors (Lipinski definition) is 1. The summed E-state index contributed by atoms with van der Waals surface area (Å²) in [6.07, 6.45) is 1.98. The molecule has 1 saturated heterocycles. The van der Waals surface area contributed by atoms with Gasteiger partial charge in [0.05, 0.1) is 30.2 Å². The number of aromatic nitrogens is 2. The van der Waals surface area contributed by atoms with Crippen LogP contribution in [0.25, 0.3) is 0 Å². The van der Waals surface area contributed by atoms with Crippen LogP contribution in [-0.2, 0) is 21.1 Å². The Morgan fingerprint density at radius 2 is 2.35 bits per heavy atom. The van der Waals surface area contributed by atoms with Gasteiger partial charge in [0.2, 0.25) is 0 Å². The van der Waals surface area contributed by atoms with Gasteiger partial charge in [-0.3, -0.25) is 9.48 Å². The molecule has 2 heterocycles. The number of rotatable bonds is 3. The van der Waals surface area contributed by atoms with Crippen LogP contribution < -0.4 is 0 Å². The Bertz CT molecular complexity index is 547. The monoisotopic (exact) mass is 258 g/mol. The van der Waals surface area contributed by atoms with Crippen LogP contribution in [0.5, 0.6) is 0 Å². The summed E-state index contributed by atoms with van der Waals surface area (Å²) in [5.74, 6) is -0.625. The molecule has 1 unspecified atom stereocenters. The second-order valence-electron chi connectivity index (χ2n) is 4.33. The lowest BCUT2D eigenvalue weighted by atomic mass is 10.2. The van der Waals surface area contributed by atoms with Gasteiger partial charge < -0.3 is 5.11 Å². The highest BCUT2D eigenvalue weighted by Gasteiger charge is 2.30. The van der Waals surface area contributed by atoms with Gasteiger partial charge in [0.1, 0.15) is 0 Å². The molecule has 1 aliphatic rings. The van der Waals surface area contributed by atoms with Crippen LogP contribution in [-0.4, -0.2) is 40.8 Å². The van der Waals surface area contributed by atoms with Crippen LogP contribution in [0, 0.1) is 6.92 Å². The van der Waals surface area contributed by atoms with E-state index in [1.54, 1.807) is 11.6 Å². The van der Waals surface area contributed by atoms with Gasteiger partial charge in [0.15, 0.2) is 9.84 Å². The van der Waals surface area contributed by atoms with E-state index in [1.165, 1.54) is 6.20 Å². The molecule has 0 aromatic carbocycles. The summed E-state index contributed by atoms with van der Waals surface area (Å²) in [6.45, 7) is 1.77. The van der Waals surface area contributed by atoms with Crippen molar-refractivity contribution in [2.24, 2.45) is 0 Å². The maximum atomic E-state index is 11.4. The molecule has 1 fully saturated rings. The normalized spacial score (nSPS) is 22.8. The highest BCUT2D eigenvalue weighted by molar-refractivity contribution is 7.91. The summed E-state index contributed by atoms with van der Waals surface area (Å²) in [5.41, 5.74) is 1.39. The molecule has 2 rings (SSSR count). The van der Waals surface area contributed by atoms with Crippen molar-refractivity contribution in [3.8, 4) is 0 Å². The summed E-state index contributed by atoms with van der Waals surface area (Å²) in [6, 6.07) is -0.150. The Kier molecular flexibility index (Phi) is 2.94. The molecule has 1 aromatic heterocycles. The van der Waals surface area contributed by atoms with Crippen LogP contribution >= 0.6 is 0 Å². The van der Waals surface area contributed by atoms with E-state index in [-0.39, 0.29) is 24.0 Å². The molecular formula is C10H14N2O4S. The zero-order valence-electron chi connectivity index (χ0n) is 9.46. The van der Waals surface area contributed by atoms with Gasteiger partial charge in [-0.1, -0.05) is 0 Å². The Labute approximate surface area is 99.2 Å². The van der Waals surface area contributed by atoms with Gasteiger partial charge >= 0.3 is 5.97 Å². The number of nitrogens with zero attached hydrogens (tertiary/aromatic N) is 2. The minimum Gasteiger partial charge on any atom is -0.481 e. The third kappa shape index (κ3) is 2.49. The SMILES string of the molecule is Cc1c(CC(=O)O)cnn1C1CCS(=O)(=O)C1. The van der Waals surface area contributed by atoms with Crippen LogP contribution in [0.4, 0.5) is 0 Å². The molecule has 1 N–H and O–H groups in total. The third-order valence-electron chi connectivity index (χ3n) is 3.04. The predicted octanol–water partition coefficient (Wildman–Crippen LogP) is 0.178. The largest absolute Gasteiger partial charge is 0.481 e. The second-order valence-corrected chi connectivity index (χ2v) is 6.56. The molecule has 0 spiro atoms. The fourth-order valence-electron chi connectivity index (χ4n) is 2.13. The van der Waals surface area contributed by atoms with Gasteiger partial charge in [-0.2, -0.15) is 5.10 Å². The van der Waals surface area contributed by atoms with Crippen LogP contribution in [0.1, 0.15) is 23.7 Å². The Balaban J connectivity index is 2.23. The maximum Gasteiger partial charge on any atom is 0.307 e. The van der Waals surface area contributed by atoms with E-state index in [1.807, 2.05) is 0 Å². The molecule has 1 aromatic rings. The average molecular weight is 258 g/mol. The number of aliphatic carboxylic acids is 1. The minimum atomic E-state index is -2.95. The zero-order chi connectivity index (χ0) is 12.6. The predicted molar refractivity (Wildman–Crippen MR) is 60.6 cm³/mol. The Hall–Kier alpha value is -1.37. The van der Waals surface area contributed by atoms with E-state index in [4.69, 9.17) is 5.11 Å². The Morgan fingerprint density at radius 3 is 2.88 bits per heavy atom. The summed E-state index contributed by atoms with van der Waals surface area (Å²) < 4.78 is 24.4. The lowest BCUT2D eigenvalue weighted by Gasteiger charge is -2.11. The van der Waals surface area contributed by atoms with Crippen molar-refractivity contribution < 1.29 is 18.3 Å². The van der Waals surface area contributed by atoms with E-state index in [9.17, 15) is 13.2 Å². The number of carboxylic acids is 1. The average Bonchev–Trinajstić information content (AvgIpc) is 2.71. The lowest BCUT2D eigenvalue weighted by Crippen LogP contribution is -2.14. The first kappa shape index (κ1) is 12.1. The number of carbonyl (C=O) groups is 1. The zero-order valence-corrected chi connectivity index (χ0v) is 10.3. The molecule has 0 aliphatic carbocycles. The van der Waals surface area contributed by atoms with Crippen molar-refractivity contribution in [1.82, 2.24) is 9.78 Å². The van der Waals surface area contributed by atoms with Crippen molar-refractivity contribution in [2.75, 3.05) is 11.5 Å². The summed E-state index contributed by atoms with van der Waals surface area (Å²) in [4.78, 5) is 10.6. The molecule has 0 radical (unpaired) electrons. The highest BCUT2D eigenvalue weighted by atomic mass is 32.2. The summed E-state index contributed by atoms with van der Waals surface area (Å²) in [5, 5.41) is 12.8. The molecule has 0 bridgehead atoms. The van der Waals surface area contributed by atoms with Gasteiger partial charge in [0, 0.05) is 11.3 Å². The summed E-state index contributed by atoms with van der Waals surface area (Å²) in [7, 11) is -2.95. The molecule has 94 valence electrons. The van der Waals surface area contributed by atoms with Crippen molar-refractivity contribution >= 4 is 15.8 Å². The molecular weight excluding hydrogens is 244 g/mol. The topological polar surface area (TPSA) is 89.3 Å². The first-order valence-electron chi connectivity index (χ1n) is 5.34. The van der Waals surface area contributed by atoms with E-state index >= 15 is 0 Å². The fraction of sp³-hybridized carbons (Fsp3) is 0.600. The minimum absolute atomic E-state index is 0.0781. The maximum absolute atomic E-state index is 11.4. The van der Waals surface area contributed by atoms with E-state index < -0.39 is 15.8 Å². The van der Waals surface area contributed by atoms with Crippen molar-refractivity contribution in [3.63, 3.8) is 0 Å². The fourth-order valence-corrected chi connectivity index (χ4v) is 3.82. The highest BCUT2D eigenvalue weighted by Crippen LogP contribution is 2.25. The van der Waals surface area contributed by atoms with Gasteiger partial charge in [-0.25, -0.2) is 8.42 Å². The number of hydrogen-bond acceptors (Lipinski definition) is 4. The molecule has 0 amide bonds. The van der Waals surface area contributed by atoms with Crippen LogP contribution in [0.15, 0.2) is 6.20 Å². The molecule has 1 atom stereocenters. The van der Waals surface area contributed by atoms with E-state index in [0.717, 1.165) is 5.69 Å². The third-order valence-corrected chi connectivity index (χ3v) is 4.79. The number of sulfone groups is 1. The summed E-state index contributed by atoms with van der Waals surface area (Å²) >= 11 is 0. The first-order chi connectivity index (χ1) is 7.89. The Morgan fingerprint density at radius 1 is 1.65 bits per heavy atom. The van der Waals surface area contributed by atoms with E-state index in [0.29, 0.717) is 12.0 Å². The molecule has 0 saturated carbocycles. The lowest BCUT2D eigenvalue weighted by molar-refractivity contribution is -0.136. The van der Waals surface area contributed by atoms with Crippen molar-refractivity contribution in [1.29, 1.82) is 0 Å². The smallest absolute Gasteiger partial charge is 0.307 e. The van der Waals surface area contributed by atoms with Gasteiger partial charge in [-0.05, 0) is 13.3 Å². The molecule has 17 heavy (non-hydrogen) atoms. The van der Waals surface area contributed by atoms with E-state index in [2.05, 4.69) is 5.10 Å². The van der Waals surface area contributed by atoms with Crippen molar-refractivity contribution in [3.05, 3.63) is 17.5 Å². The molecule has 1 aliphatic heterocycles. The number of carboxylic acid groups (broad SMARTS) is 1. The van der Waals surface area contributed by atoms with Crippen molar-refractivity contribution in [2.45, 2.75) is 25.8 Å².